The molecule has 0 bridgehead atoms. The molecule has 4 rings (SSSR count). The van der Waals surface area contributed by atoms with Crippen molar-refractivity contribution in [3.63, 3.8) is 0 Å². The summed E-state index contributed by atoms with van der Waals surface area (Å²) < 4.78 is 97.7. The van der Waals surface area contributed by atoms with Gasteiger partial charge in [-0.3, -0.25) is 23.6 Å². The first-order valence-electron chi connectivity index (χ1n) is 9.11. The molecule has 2 heterocycles. The quantitative estimate of drug-likeness (QED) is 0.208. The zero-order valence-corrected chi connectivity index (χ0v) is 19.6. The first kappa shape index (κ1) is 24.6. The van der Waals surface area contributed by atoms with Crippen LogP contribution in [0.3, 0.4) is 0 Å². The second-order valence-electron chi connectivity index (χ2n) is 7.10. The van der Waals surface area contributed by atoms with Gasteiger partial charge in [0.15, 0.2) is 11.3 Å². The summed E-state index contributed by atoms with van der Waals surface area (Å²) in [5, 5.41) is 10.0. The third kappa shape index (κ3) is 4.57. The SMILES string of the molecule is Cc1[nH]n2c(=O)c3cc(S(=O)(=O)O)ccc3nc2c1N=Nc1cc(S(=O)(=O)O)ccc1S(=O)(=O)O. The van der Waals surface area contributed by atoms with Gasteiger partial charge in [0.1, 0.15) is 10.6 Å². The van der Waals surface area contributed by atoms with Crippen LogP contribution in [-0.4, -0.2) is 53.5 Å². The molecule has 0 atom stereocenters. The summed E-state index contributed by atoms with van der Waals surface area (Å²) in [6.45, 7) is 1.45. The molecule has 0 unspecified atom stereocenters. The molecule has 0 saturated heterocycles. The number of hydrogen-bond donors (Lipinski definition) is 4. The van der Waals surface area contributed by atoms with Crippen LogP contribution in [0.15, 0.2) is 66.1 Å². The van der Waals surface area contributed by atoms with Crippen LogP contribution < -0.4 is 5.56 Å². The lowest BCUT2D eigenvalue weighted by Crippen LogP contribution is -2.16. The number of azo groups is 1. The fraction of sp³-hybridized carbons (Fsp3) is 0.0588. The molecule has 2 aromatic heterocycles. The Hall–Kier alpha value is -3.55. The Bertz CT molecular complexity index is 1960. The molecule has 0 saturated carbocycles. The molecule has 0 aliphatic carbocycles. The molecule has 2 aromatic carbocycles. The number of aromatic amines is 1. The van der Waals surface area contributed by atoms with E-state index in [0.29, 0.717) is 12.1 Å². The Labute approximate surface area is 196 Å². The van der Waals surface area contributed by atoms with E-state index in [2.05, 4.69) is 20.3 Å². The molecule has 0 amide bonds. The predicted octanol–water partition coefficient (Wildman–Crippen LogP) is 1.64. The summed E-state index contributed by atoms with van der Waals surface area (Å²) in [7, 11) is -14.2. The molecule has 184 valence electrons. The highest BCUT2D eigenvalue weighted by Gasteiger charge is 2.21. The lowest BCUT2D eigenvalue weighted by molar-refractivity contribution is 0.478. The van der Waals surface area contributed by atoms with E-state index in [1.807, 2.05) is 0 Å². The molecule has 18 heteroatoms. The Kier molecular flexibility index (Phi) is 5.62. The van der Waals surface area contributed by atoms with Crippen LogP contribution in [0.1, 0.15) is 5.69 Å². The molecule has 35 heavy (non-hydrogen) atoms. The van der Waals surface area contributed by atoms with E-state index in [1.54, 1.807) is 0 Å². The van der Waals surface area contributed by atoms with Crippen molar-refractivity contribution in [3.8, 4) is 0 Å². The Balaban J connectivity index is 1.95. The number of aryl methyl sites for hydroxylation is 1. The Morgan fingerprint density at radius 3 is 2.06 bits per heavy atom. The molecule has 0 radical (unpaired) electrons. The van der Waals surface area contributed by atoms with Crippen LogP contribution in [-0.2, 0) is 30.4 Å². The zero-order chi connectivity index (χ0) is 25.9. The number of benzene rings is 2. The van der Waals surface area contributed by atoms with E-state index in [4.69, 9.17) is 0 Å². The van der Waals surface area contributed by atoms with Gasteiger partial charge in [0.25, 0.3) is 35.9 Å². The summed E-state index contributed by atoms with van der Waals surface area (Å²) in [5.41, 5.74) is -1.36. The van der Waals surface area contributed by atoms with Gasteiger partial charge >= 0.3 is 0 Å². The van der Waals surface area contributed by atoms with Crippen LogP contribution in [0.2, 0.25) is 0 Å². The number of H-pyrrole nitrogens is 1. The minimum absolute atomic E-state index is 0.0323. The average Bonchev–Trinajstić information content (AvgIpc) is 3.05. The smallest absolute Gasteiger partial charge is 0.292 e. The zero-order valence-electron chi connectivity index (χ0n) is 17.2. The van der Waals surface area contributed by atoms with Gasteiger partial charge in [-0.05, 0) is 43.3 Å². The van der Waals surface area contributed by atoms with Crippen LogP contribution in [0.25, 0.3) is 16.6 Å². The molecule has 4 N–H and O–H groups in total. The number of nitrogens with one attached hydrogen (secondary N) is 1. The molecule has 0 aliphatic heterocycles. The largest absolute Gasteiger partial charge is 0.296 e. The van der Waals surface area contributed by atoms with Crippen molar-refractivity contribution in [1.29, 1.82) is 0 Å². The van der Waals surface area contributed by atoms with Gasteiger partial charge in [0, 0.05) is 0 Å². The fourth-order valence-electron chi connectivity index (χ4n) is 3.15. The first-order valence-corrected chi connectivity index (χ1v) is 13.4. The molecular weight excluding hydrogens is 530 g/mol. The standard InChI is InChI=1S/C17H13N5O10S3/c1-8-15(20-19-13-7-10(34(27,28)29)3-5-14(13)35(30,31)32)16-18-12-4-2-9(33(24,25)26)6-11(12)17(23)22(16)21-8/h2-7,21H,1H3,(H,24,25,26)(H,27,28,29)(H,30,31,32). The van der Waals surface area contributed by atoms with E-state index in [0.717, 1.165) is 22.7 Å². The van der Waals surface area contributed by atoms with Gasteiger partial charge in [-0.15, -0.1) is 10.2 Å². The minimum atomic E-state index is -4.87. The van der Waals surface area contributed by atoms with Crippen LogP contribution in [0, 0.1) is 6.92 Å². The molecule has 15 nitrogen and oxygen atoms in total. The van der Waals surface area contributed by atoms with Gasteiger partial charge < -0.3 is 0 Å². The van der Waals surface area contributed by atoms with Crippen molar-refractivity contribution < 1.29 is 38.9 Å². The van der Waals surface area contributed by atoms with Gasteiger partial charge in [-0.25, -0.2) is 4.98 Å². The summed E-state index contributed by atoms with van der Waals surface area (Å²) in [6, 6.07) is 5.25. The lowest BCUT2D eigenvalue weighted by Gasteiger charge is -2.04. The highest BCUT2D eigenvalue weighted by molar-refractivity contribution is 7.86. The van der Waals surface area contributed by atoms with Gasteiger partial charge in [-0.1, -0.05) is 0 Å². The summed E-state index contributed by atoms with van der Waals surface area (Å²) in [5.74, 6) is 0. The van der Waals surface area contributed by atoms with Crippen molar-refractivity contribution in [1.82, 2.24) is 14.6 Å². The molecule has 4 aromatic rings. The van der Waals surface area contributed by atoms with Crippen molar-refractivity contribution in [2.45, 2.75) is 21.6 Å². The summed E-state index contributed by atoms with van der Waals surface area (Å²) in [6.07, 6.45) is 0. The lowest BCUT2D eigenvalue weighted by atomic mass is 10.2. The maximum absolute atomic E-state index is 12.9. The third-order valence-corrected chi connectivity index (χ3v) is 7.35. The summed E-state index contributed by atoms with van der Waals surface area (Å²) >= 11 is 0. The van der Waals surface area contributed by atoms with Crippen LogP contribution >= 0.6 is 0 Å². The highest BCUT2D eigenvalue weighted by Crippen LogP contribution is 2.31. The molecule has 0 fully saturated rings. The van der Waals surface area contributed by atoms with E-state index < -0.39 is 56.3 Å². The minimum Gasteiger partial charge on any atom is -0.292 e. The van der Waals surface area contributed by atoms with Crippen LogP contribution in [0.4, 0.5) is 11.4 Å². The summed E-state index contributed by atoms with van der Waals surface area (Å²) in [4.78, 5) is 15.1. The van der Waals surface area contributed by atoms with E-state index in [-0.39, 0.29) is 27.9 Å². The van der Waals surface area contributed by atoms with E-state index in [1.165, 1.54) is 13.0 Å². The van der Waals surface area contributed by atoms with Crippen molar-refractivity contribution in [2.75, 3.05) is 0 Å². The predicted molar refractivity (Wildman–Crippen MR) is 118 cm³/mol. The molecule has 0 spiro atoms. The van der Waals surface area contributed by atoms with Crippen molar-refractivity contribution in [3.05, 3.63) is 52.4 Å². The molecule has 0 aliphatic rings. The Morgan fingerprint density at radius 1 is 0.857 bits per heavy atom. The van der Waals surface area contributed by atoms with Crippen LogP contribution in [0.5, 0.6) is 0 Å². The number of aromatic nitrogens is 3. The number of hydrogen-bond acceptors (Lipinski definition) is 10. The number of fused-ring (bicyclic) bond motifs is 2. The van der Waals surface area contributed by atoms with Crippen molar-refractivity contribution in [2.24, 2.45) is 10.2 Å². The second-order valence-corrected chi connectivity index (χ2v) is 11.3. The van der Waals surface area contributed by atoms with E-state index >= 15 is 0 Å². The first-order chi connectivity index (χ1) is 16.1. The topological polar surface area (TPSA) is 238 Å². The van der Waals surface area contributed by atoms with Gasteiger partial charge in [0.2, 0.25) is 0 Å². The fourth-order valence-corrected chi connectivity index (χ4v) is 4.76. The van der Waals surface area contributed by atoms with Gasteiger partial charge in [0.05, 0.1) is 26.4 Å². The monoisotopic (exact) mass is 543 g/mol. The maximum atomic E-state index is 12.9. The second kappa shape index (κ2) is 8.00. The average molecular weight is 544 g/mol. The third-order valence-electron chi connectivity index (χ3n) is 4.75. The maximum Gasteiger partial charge on any atom is 0.296 e. The highest BCUT2D eigenvalue weighted by atomic mass is 32.2. The van der Waals surface area contributed by atoms with E-state index in [9.17, 15) is 43.7 Å². The number of nitrogens with zero attached hydrogens (tertiary/aromatic N) is 4. The van der Waals surface area contributed by atoms with Gasteiger partial charge in [-0.2, -0.15) is 29.8 Å². The Morgan fingerprint density at radius 2 is 1.46 bits per heavy atom. The number of rotatable bonds is 5. The normalized spacial score (nSPS) is 13.3. The molecular formula is C17H13N5O10S3. The van der Waals surface area contributed by atoms with Crippen molar-refractivity contribution >= 4 is 58.3 Å².